The summed E-state index contributed by atoms with van der Waals surface area (Å²) < 4.78 is 31.6. The SMILES string of the molecule is Cc1ccc([C@H]2CC[C@H](CNc3ncnc(C(=O)N4CCC(N5CCC(N(C)S(C)(=O)=O)CC5)CC4)c3C)O2)cc1. The quantitative estimate of drug-likeness (QED) is 0.503. The molecular weight excluding hydrogens is 540 g/mol. The average Bonchev–Trinajstić information content (AvgIpc) is 3.45. The fourth-order valence-corrected chi connectivity index (χ4v) is 7.16. The van der Waals surface area contributed by atoms with E-state index >= 15 is 0 Å². The monoisotopic (exact) mass is 584 g/mol. The first-order valence-electron chi connectivity index (χ1n) is 14.8. The standard InChI is InChI=1S/C30H44N6O4S/c1-21-5-7-23(8-6-21)27-10-9-26(40-27)19-31-29-22(2)28(32-20-33-29)30(37)36-17-13-25(14-18-36)35-15-11-24(12-16-35)34(3)41(4,38)39/h5-8,20,24-27H,9-19H2,1-4H3,(H,31,32,33)/t26-,27-/m1/s1. The van der Waals surface area contributed by atoms with Crippen LogP contribution in [0.3, 0.4) is 0 Å². The molecule has 0 saturated carbocycles. The number of hydrogen-bond donors (Lipinski definition) is 1. The van der Waals surface area contributed by atoms with E-state index < -0.39 is 10.0 Å². The van der Waals surface area contributed by atoms with Crippen LogP contribution in [-0.2, 0) is 14.8 Å². The number of nitrogens with one attached hydrogen (secondary N) is 1. The number of rotatable bonds is 8. The molecule has 2 aromatic rings. The molecule has 224 valence electrons. The number of sulfonamides is 1. The Morgan fingerprint density at radius 2 is 1.68 bits per heavy atom. The van der Waals surface area contributed by atoms with Crippen LogP contribution in [0.1, 0.15) is 71.8 Å². The number of aryl methyl sites for hydroxylation is 1. The third kappa shape index (κ3) is 7.07. The van der Waals surface area contributed by atoms with Crippen LogP contribution in [0, 0.1) is 13.8 Å². The molecule has 3 aliphatic rings. The van der Waals surface area contributed by atoms with Gasteiger partial charge in [0, 0.05) is 44.3 Å². The Bertz CT molecular complexity index is 1300. The van der Waals surface area contributed by atoms with Crippen molar-refractivity contribution in [3.05, 3.63) is 53.0 Å². The molecule has 0 aliphatic carbocycles. The summed E-state index contributed by atoms with van der Waals surface area (Å²) in [4.78, 5) is 26.6. The Morgan fingerprint density at radius 1 is 1.00 bits per heavy atom. The first-order chi connectivity index (χ1) is 19.6. The maximum Gasteiger partial charge on any atom is 0.272 e. The number of amides is 1. The van der Waals surface area contributed by atoms with Gasteiger partial charge in [0.15, 0.2) is 0 Å². The Morgan fingerprint density at radius 3 is 2.34 bits per heavy atom. The summed E-state index contributed by atoms with van der Waals surface area (Å²) in [6, 6.07) is 9.03. The lowest BCUT2D eigenvalue weighted by Crippen LogP contribution is -2.52. The highest BCUT2D eigenvalue weighted by molar-refractivity contribution is 7.88. The van der Waals surface area contributed by atoms with Gasteiger partial charge in [0.2, 0.25) is 10.0 Å². The van der Waals surface area contributed by atoms with Crippen molar-refractivity contribution in [2.45, 2.75) is 76.7 Å². The first kappa shape index (κ1) is 29.9. The highest BCUT2D eigenvalue weighted by Crippen LogP contribution is 2.33. The molecule has 1 aromatic heterocycles. The molecule has 41 heavy (non-hydrogen) atoms. The highest BCUT2D eigenvalue weighted by Gasteiger charge is 2.33. The Labute approximate surface area is 244 Å². The van der Waals surface area contributed by atoms with Crippen LogP contribution in [0.4, 0.5) is 5.82 Å². The van der Waals surface area contributed by atoms with Gasteiger partial charge < -0.3 is 19.9 Å². The predicted molar refractivity (Wildman–Crippen MR) is 159 cm³/mol. The molecule has 11 heteroatoms. The summed E-state index contributed by atoms with van der Waals surface area (Å²) in [6.07, 6.45) is 8.43. The number of aromatic nitrogens is 2. The van der Waals surface area contributed by atoms with Gasteiger partial charge in [0.1, 0.15) is 17.8 Å². The van der Waals surface area contributed by atoms with E-state index in [1.807, 2.05) is 11.8 Å². The van der Waals surface area contributed by atoms with Crippen molar-refractivity contribution in [3.63, 3.8) is 0 Å². The summed E-state index contributed by atoms with van der Waals surface area (Å²) >= 11 is 0. The number of piperidine rings is 2. The zero-order valence-corrected chi connectivity index (χ0v) is 25.6. The van der Waals surface area contributed by atoms with E-state index in [1.165, 1.54) is 28.0 Å². The lowest BCUT2D eigenvalue weighted by atomic mass is 9.97. The van der Waals surface area contributed by atoms with E-state index in [0.29, 0.717) is 37.2 Å². The summed E-state index contributed by atoms with van der Waals surface area (Å²) in [7, 11) is -1.49. The largest absolute Gasteiger partial charge is 0.368 e. The van der Waals surface area contributed by atoms with Gasteiger partial charge in [-0.2, -0.15) is 0 Å². The average molecular weight is 585 g/mol. The van der Waals surface area contributed by atoms with E-state index in [2.05, 4.69) is 51.4 Å². The molecule has 0 spiro atoms. The second-order valence-electron chi connectivity index (χ2n) is 11.9. The minimum Gasteiger partial charge on any atom is -0.368 e. The third-order valence-electron chi connectivity index (χ3n) is 9.15. The zero-order valence-electron chi connectivity index (χ0n) is 24.8. The smallest absolute Gasteiger partial charge is 0.272 e. The van der Waals surface area contributed by atoms with Crippen LogP contribution in [0.5, 0.6) is 0 Å². The number of likely N-dealkylation sites (tertiary alicyclic amines) is 2. The first-order valence-corrected chi connectivity index (χ1v) is 16.7. The molecule has 4 heterocycles. The summed E-state index contributed by atoms with van der Waals surface area (Å²) in [6.45, 7) is 7.79. The van der Waals surface area contributed by atoms with E-state index in [1.54, 1.807) is 7.05 Å². The molecule has 10 nitrogen and oxygen atoms in total. The van der Waals surface area contributed by atoms with Crippen molar-refractivity contribution in [1.82, 2.24) is 24.1 Å². The normalized spacial score (nSPS) is 23.3. The van der Waals surface area contributed by atoms with Crippen LogP contribution >= 0.6 is 0 Å². The van der Waals surface area contributed by atoms with Crippen molar-refractivity contribution < 1.29 is 17.9 Å². The van der Waals surface area contributed by atoms with Crippen LogP contribution in [0.15, 0.2) is 30.6 Å². The molecule has 0 radical (unpaired) electrons. The van der Waals surface area contributed by atoms with Gasteiger partial charge in [-0.1, -0.05) is 29.8 Å². The van der Waals surface area contributed by atoms with Crippen LogP contribution in [0.2, 0.25) is 0 Å². The van der Waals surface area contributed by atoms with Gasteiger partial charge >= 0.3 is 0 Å². The predicted octanol–water partition coefficient (Wildman–Crippen LogP) is 3.39. The third-order valence-corrected chi connectivity index (χ3v) is 10.5. The lowest BCUT2D eigenvalue weighted by Gasteiger charge is -2.43. The minimum atomic E-state index is -3.17. The summed E-state index contributed by atoms with van der Waals surface area (Å²) in [5, 5.41) is 3.41. The Kier molecular flexibility index (Phi) is 9.27. The minimum absolute atomic E-state index is 0.0450. The van der Waals surface area contributed by atoms with Gasteiger partial charge in [-0.3, -0.25) is 4.79 Å². The number of nitrogens with zero attached hydrogens (tertiary/aromatic N) is 5. The summed E-state index contributed by atoms with van der Waals surface area (Å²) in [5.74, 6) is 0.638. The molecule has 3 aliphatic heterocycles. The molecule has 3 fully saturated rings. The number of anilines is 1. The number of hydrogen-bond acceptors (Lipinski definition) is 8. The molecular formula is C30H44N6O4S. The number of carbonyl (C=O) groups excluding carboxylic acids is 1. The fraction of sp³-hybridized carbons (Fsp3) is 0.633. The van der Waals surface area contributed by atoms with Crippen molar-refractivity contribution in [1.29, 1.82) is 0 Å². The van der Waals surface area contributed by atoms with Crippen molar-refractivity contribution in [2.75, 3.05) is 51.3 Å². The maximum atomic E-state index is 13.5. The molecule has 1 N–H and O–H groups in total. The van der Waals surface area contributed by atoms with E-state index in [0.717, 1.165) is 57.2 Å². The molecule has 1 aromatic carbocycles. The highest BCUT2D eigenvalue weighted by atomic mass is 32.2. The van der Waals surface area contributed by atoms with Gasteiger partial charge in [-0.25, -0.2) is 22.7 Å². The second kappa shape index (κ2) is 12.7. The fourth-order valence-electron chi connectivity index (χ4n) is 6.41. The van der Waals surface area contributed by atoms with E-state index in [9.17, 15) is 13.2 Å². The van der Waals surface area contributed by atoms with Gasteiger partial charge in [0.05, 0.1) is 18.5 Å². The molecule has 3 saturated heterocycles. The van der Waals surface area contributed by atoms with Crippen LogP contribution in [0.25, 0.3) is 0 Å². The zero-order chi connectivity index (χ0) is 29.1. The lowest BCUT2D eigenvalue weighted by molar-refractivity contribution is 0.0521. The number of ether oxygens (including phenoxy) is 1. The van der Waals surface area contributed by atoms with Crippen molar-refractivity contribution in [2.24, 2.45) is 0 Å². The van der Waals surface area contributed by atoms with Crippen LogP contribution < -0.4 is 5.32 Å². The van der Waals surface area contributed by atoms with Gasteiger partial charge in [-0.05, 0) is 71.0 Å². The molecule has 2 atom stereocenters. The van der Waals surface area contributed by atoms with Crippen molar-refractivity contribution in [3.8, 4) is 0 Å². The molecule has 1 amide bonds. The molecule has 0 bridgehead atoms. The van der Waals surface area contributed by atoms with Gasteiger partial charge in [-0.15, -0.1) is 0 Å². The van der Waals surface area contributed by atoms with Crippen molar-refractivity contribution >= 4 is 21.7 Å². The summed E-state index contributed by atoms with van der Waals surface area (Å²) in [5.41, 5.74) is 3.69. The Hall–Kier alpha value is -2.60. The topological polar surface area (TPSA) is 108 Å². The van der Waals surface area contributed by atoms with E-state index in [-0.39, 0.29) is 24.2 Å². The molecule has 0 unspecified atom stereocenters. The number of benzene rings is 1. The van der Waals surface area contributed by atoms with Gasteiger partial charge in [0.25, 0.3) is 5.91 Å². The molecule has 5 rings (SSSR count). The van der Waals surface area contributed by atoms with Crippen LogP contribution in [-0.4, -0.2) is 103 Å². The van der Waals surface area contributed by atoms with E-state index in [4.69, 9.17) is 4.74 Å². The number of carbonyl (C=O) groups is 1. The maximum absolute atomic E-state index is 13.5. The Balaban J connectivity index is 1.10. The second-order valence-corrected chi connectivity index (χ2v) is 13.9.